The number of carboxylic acid groups (broad SMARTS) is 1. The number of carboxylic acids is 1. The maximum Gasteiger partial charge on any atom is 0.329 e. The minimum atomic E-state index is -1.17. The number of amides is 1. The Hall–Kier alpha value is -1.76. The Kier molecular flexibility index (Phi) is 4.65. The topological polar surface area (TPSA) is 76.1 Å². The van der Waals surface area contributed by atoms with Crippen molar-refractivity contribution in [2.24, 2.45) is 0 Å². The number of aliphatic carboxylic acids is 1. The predicted molar refractivity (Wildman–Crippen MR) is 83.6 cm³/mol. The second kappa shape index (κ2) is 6.16. The second-order valence-electron chi connectivity index (χ2n) is 5.33. The summed E-state index contributed by atoms with van der Waals surface area (Å²) in [5.41, 5.74) is -0.810. The molecule has 6 nitrogen and oxygen atoms in total. The van der Waals surface area contributed by atoms with Crippen molar-refractivity contribution in [1.82, 2.24) is 4.90 Å². The van der Waals surface area contributed by atoms with E-state index in [1.54, 1.807) is 19.1 Å². The number of ether oxygens (including phenoxy) is 2. The van der Waals surface area contributed by atoms with Crippen molar-refractivity contribution in [3.63, 3.8) is 0 Å². The van der Waals surface area contributed by atoms with Crippen LogP contribution in [0.2, 0.25) is 0 Å². The molecule has 22 heavy (non-hydrogen) atoms. The molecular formula is C15H18BrNO5. The predicted octanol–water partition coefficient (Wildman–Crippen LogP) is 2.55. The van der Waals surface area contributed by atoms with Crippen LogP contribution < -0.4 is 9.47 Å². The maximum absolute atomic E-state index is 12.7. The SMILES string of the molecule is COc1cc(C(=O)N2CCCC2(C)C(=O)O)cc(Br)c1OC. The van der Waals surface area contributed by atoms with E-state index in [1.165, 1.54) is 19.1 Å². The molecule has 0 spiro atoms. The Balaban J connectivity index is 2.42. The molecule has 7 heteroatoms. The molecule has 0 saturated carbocycles. The van der Waals surface area contributed by atoms with E-state index in [-0.39, 0.29) is 5.91 Å². The van der Waals surface area contributed by atoms with Crippen molar-refractivity contribution in [1.29, 1.82) is 0 Å². The third-order valence-electron chi connectivity index (χ3n) is 4.03. The van der Waals surface area contributed by atoms with Gasteiger partial charge in [-0.2, -0.15) is 0 Å². The van der Waals surface area contributed by atoms with Crippen LogP contribution in [0.3, 0.4) is 0 Å². The number of carbonyl (C=O) groups excluding carboxylic acids is 1. The largest absolute Gasteiger partial charge is 0.493 e. The molecule has 0 bridgehead atoms. The van der Waals surface area contributed by atoms with Gasteiger partial charge in [0.2, 0.25) is 0 Å². The molecule has 0 aliphatic carbocycles. The number of benzene rings is 1. The van der Waals surface area contributed by atoms with Gasteiger partial charge in [0.1, 0.15) is 5.54 Å². The van der Waals surface area contributed by atoms with Gasteiger partial charge in [0, 0.05) is 12.1 Å². The lowest BCUT2D eigenvalue weighted by molar-refractivity contribution is -0.147. The average molecular weight is 372 g/mol. The fourth-order valence-corrected chi connectivity index (χ4v) is 3.31. The van der Waals surface area contributed by atoms with E-state index in [0.717, 1.165) is 0 Å². The molecule has 1 saturated heterocycles. The van der Waals surface area contributed by atoms with Gasteiger partial charge in [0.05, 0.1) is 18.7 Å². The highest BCUT2D eigenvalue weighted by molar-refractivity contribution is 9.10. The fourth-order valence-electron chi connectivity index (χ4n) is 2.71. The summed E-state index contributed by atoms with van der Waals surface area (Å²) in [5, 5.41) is 9.43. The Bertz CT molecular complexity index is 618. The Morgan fingerprint density at radius 2 is 2.00 bits per heavy atom. The average Bonchev–Trinajstić information content (AvgIpc) is 2.88. The normalized spacial score (nSPS) is 20.8. The van der Waals surface area contributed by atoms with Gasteiger partial charge in [-0.05, 0) is 47.8 Å². The van der Waals surface area contributed by atoms with Crippen LogP contribution >= 0.6 is 15.9 Å². The first-order valence-corrected chi connectivity index (χ1v) is 7.61. The van der Waals surface area contributed by atoms with Crippen molar-refractivity contribution in [2.75, 3.05) is 20.8 Å². The number of likely N-dealkylation sites (tertiary alicyclic amines) is 1. The zero-order valence-corrected chi connectivity index (χ0v) is 14.3. The van der Waals surface area contributed by atoms with Crippen LogP contribution in [0.15, 0.2) is 16.6 Å². The van der Waals surface area contributed by atoms with E-state index in [0.29, 0.717) is 40.9 Å². The Labute approximate surface area is 137 Å². The van der Waals surface area contributed by atoms with Crippen molar-refractivity contribution in [3.8, 4) is 11.5 Å². The smallest absolute Gasteiger partial charge is 0.329 e. The van der Waals surface area contributed by atoms with Gasteiger partial charge in [-0.15, -0.1) is 0 Å². The van der Waals surface area contributed by atoms with Crippen molar-refractivity contribution < 1.29 is 24.2 Å². The van der Waals surface area contributed by atoms with Crippen molar-refractivity contribution in [2.45, 2.75) is 25.3 Å². The van der Waals surface area contributed by atoms with Gasteiger partial charge < -0.3 is 19.5 Å². The molecule has 120 valence electrons. The lowest BCUT2D eigenvalue weighted by Gasteiger charge is -2.31. The quantitative estimate of drug-likeness (QED) is 0.879. The number of rotatable bonds is 4. The monoisotopic (exact) mass is 371 g/mol. The summed E-state index contributed by atoms with van der Waals surface area (Å²) in [6, 6.07) is 3.18. The lowest BCUT2D eigenvalue weighted by Crippen LogP contribution is -2.50. The van der Waals surface area contributed by atoms with Crippen LogP contribution in [0.25, 0.3) is 0 Å². The van der Waals surface area contributed by atoms with Gasteiger partial charge in [-0.25, -0.2) is 4.79 Å². The van der Waals surface area contributed by atoms with Crippen LogP contribution in [0.4, 0.5) is 0 Å². The first kappa shape index (κ1) is 16.6. The molecule has 1 N–H and O–H groups in total. The molecule has 1 amide bonds. The number of nitrogens with zero attached hydrogens (tertiary/aromatic N) is 1. The third-order valence-corrected chi connectivity index (χ3v) is 4.62. The first-order valence-electron chi connectivity index (χ1n) is 6.82. The summed E-state index contributed by atoms with van der Waals surface area (Å²) in [6.45, 7) is 2.00. The number of hydrogen-bond acceptors (Lipinski definition) is 4. The molecule has 0 radical (unpaired) electrons. The summed E-state index contributed by atoms with van der Waals surface area (Å²) in [4.78, 5) is 25.7. The highest BCUT2D eigenvalue weighted by Crippen LogP contribution is 2.38. The van der Waals surface area contributed by atoms with E-state index in [1.807, 2.05) is 0 Å². The minimum absolute atomic E-state index is 0.330. The van der Waals surface area contributed by atoms with Gasteiger partial charge in [0.15, 0.2) is 11.5 Å². The summed E-state index contributed by atoms with van der Waals surface area (Å²) in [7, 11) is 2.99. The minimum Gasteiger partial charge on any atom is -0.493 e. The Morgan fingerprint density at radius 1 is 1.32 bits per heavy atom. The zero-order valence-electron chi connectivity index (χ0n) is 12.7. The van der Waals surface area contributed by atoms with Crippen LogP contribution in [0, 0.1) is 0 Å². The highest BCUT2D eigenvalue weighted by atomic mass is 79.9. The zero-order chi connectivity index (χ0) is 16.5. The lowest BCUT2D eigenvalue weighted by atomic mass is 9.98. The molecule has 1 fully saturated rings. The van der Waals surface area contributed by atoms with Crippen LogP contribution in [-0.4, -0.2) is 48.2 Å². The molecule has 1 unspecified atom stereocenters. The van der Waals surface area contributed by atoms with E-state index in [4.69, 9.17) is 9.47 Å². The number of methoxy groups -OCH3 is 2. The summed E-state index contributed by atoms with van der Waals surface area (Å²) >= 11 is 3.34. The van der Waals surface area contributed by atoms with Gasteiger partial charge in [-0.1, -0.05) is 0 Å². The summed E-state index contributed by atoms with van der Waals surface area (Å²) in [6.07, 6.45) is 1.12. The summed E-state index contributed by atoms with van der Waals surface area (Å²) < 4.78 is 11.0. The maximum atomic E-state index is 12.7. The molecule has 1 aromatic carbocycles. The molecule has 1 heterocycles. The molecule has 1 aliphatic rings. The number of carbonyl (C=O) groups is 2. The van der Waals surface area contributed by atoms with Gasteiger partial charge >= 0.3 is 5.97 Å². The van der Waals surface area contributed by atoms with Crippen LogP contribution in [0.1, 0.15) is 30.1 Å². The van der Waals surface area contributed by atoms with Crippen molar-refractivity contribution >= 4 is 27.8 Å². The third kappa shape index (κ3) is 2.65. The van der Waals surface area contributed by atoms with Crippen molar-refractivity contribution in [3.05, 3.63) is 22.2 Å². The second-order valence-corrected chi connectivity index (χ2v) is 6.19. The fraction of sp³-hybridized carbons (Fsp3) is 0.467. The number of halogens is 1. The van der Waals surface area contributed by atoms with E-state index >= 15 is 0 Å². The molecule has 1 aliphatic heterocycles. The molecule has 0 aromatic heterocycles. The standard InChI is InChI=1S/C15H18BrNO5/c1-15(14(19)20)5-4-6-17(15)13(18)9-7-10(16)12(22-3)11(8-9)21-2/h7-8H,4-6H2,1-3H3,(H,19,20). The van der Waals surface area contributed by atoms with Gasteiger partial charge in [-0.3, -0.25) is 4.79 Å². The Morgan fingerprint density at radius 3 is 2.55 bits per heavy atom. The highest BCUT2D eigenvalue weighted by Gasteiger charge is 2.46. The van der Waals surface area contributed by atoms with Gasteiger partial charge in [0.25, 0.3) is 5.91 Å². The molecular weight excluding hydrogens is 354 g/mol. The molecule has 1 aromatic rings. The van der Waals surface area contributed by atoms with Crippen LogP contribution in [0.5, 0.6) is 11.5 Å². The van der Waals surface area contributed by atoms with E-state index in [9.17, 15) is 14.7 Å². The number of hydrogen-bond donors (Lipinski definition) is 1. The van der Waals surface area contributed by atoms with E-state index < -0.39 is 11.5 Å². The van der Waals surface area contributed by atoms with E-state index in [2.05, 4.69) is 15.9 Å². The molecule has 2 rings (SSSR count). The summed E-state index contributed by atoms with van der Waals surface area (Å²) in [5.74, 6) is -0.417. The first-order chi connectivity index (χ1) is 10.3. The molecule has 1 atom stereocenters. The van der Waals surface area contributed by atoms with Crippen LogP contribution in [-0.2, 0) is 4.79 Å².